The number of unbranched alkanes of at least 4 members (excludes halogenated alkanes) is 1. The number of carbonyl (C=O) groups is 2. The van der Waals surface area contributed by atoms with E-state index in [1.807, 2.05) is 32.0 Å². The maximum absolute atomic E-state index is 12.2. The first-order chi connectivity index (χ1) is 8.97. The van der Waals surface area contributed by atoms with Gasteiger partial charge in [-0.25, -0.2) is 4.79 Å². The number of amides is 1. The van der Waals surface area contributed by atoms with E-state index >= 15 is 0 Å². The lowest BCUT2D eigenvalue weighted by Gasteiger charge is -2.15. The molecule has 1 atom stereocenters. The zero-order valence-electron chi connectivity index (χ0n) is 11.1. The molecule has 0 saturated heterocycles. The first-order valence-electron chi connectivity index (χ1n) is 6.26. The van der Waals surface area contributed by atoms with Crippen molar-refractivity contribution in [2.45, 2.75) is 39.2 Å². The van der Waals surface area contributed by atoms with Crippen LogP contribution in [0.4, 0.5) is 0 Å². The molecule has 4 nitrogen and oxygen atoms in total. The van der Waals surface area contributed by atoms with Gasteiger partial charge in [-0.1, -0.05) is 31.9 Å². The molecule has 0 aromatic heterocycles. The summed E-state index contributed by atoms with van der Waals surface area (Å²) < 4.78 is 0.828. The van der Waals surface area contributed by atoms with E-state index in [2.05, 4.69) is 27.9 Å². The summed E-state index contributed by atoms with van der Waals surface area (Å²) in [5, 5.41) is 11.7. The predicted molar refractivity (Wildman–Crippen MR) is 82.3 cm³/mol. The average Bonchev–Trinajstić information content (AvgIpc) is 2.33. The number of carboxylic acids is 1. The van der Waals surface area contributed by atoms with E-state index in [0.29, 0.717) is 12.0 Å². The summed E-state index contributed by atoms with van der Waals surface area (Å²) in [5.41, 5.74) is 1.41. The van der Waals surface area contributed by atoms with Gasteiger partial charge in [0.25, 0.3) is 5.91 Å². The summed E-state index contributed by atoms with van der Waals surface area (Å²) in [5.74, 6) is -1.30. The van der Waals surface area contributed by atoms with Gasteiger partial charge in [0.1, 0.15) is 6.04 Å². The molecule has 0 radical (unpaired) electrons. The van der Waals surface area contributed by atoms with E-state index < -0.39 is 12.0 Å². The number of rotatable bonds is 6. The zero-order valence-corrected chi connectivity index (χ0v) is 13.2. The number of benzene rings is 1. The summed E-state index contributed by atoms with van der Waals surface area (Å²) in [7, 11) is 0. The van der Waals surface area contributed by atoms with Crippen LogP contribution < -0.4 is 5.32 Å². The van der Waals surface area contributed by atoms with Crippen LogP contribution in [0, 0.1) is 10.5 Å². The molecular formula is C14H18INO3. The molecule has 2 N–H and O–H groups in total. The molecule has 1 unspecified atom stereocenters. The monoisotopic (exact) mass is 375 g/mol. The van der Waals surface area contributed by atoms with Gasteiger partial charge in [0.2, 0.25) is 0 Å². The van der Waals surface area contributed by atoms with E-state index in [0.717, 1.165) is 22.0 Å². The minimum absolute atomic E-state index is 0.314. The van der Waals surface area contributed by atoms with Crippen molar-refractivity contribution in [2.24, 2.45) is 0 Å². The lowest BCUT2D eigenvalue weighted by Crippen LogP contribution is -2.41. The van der Waals surface area contributed by atoms with Gasteiger partial charge in [0.05, 0.1) is 5.56 Å². The van der Waals surface area contributed by atoms with Crippen molar-refractivity contribution < 1.29 is 14.7 Å². The molecule has 0 saturated carbocycles. The molecule has 1 rings (SSSR count). The minimum atomic E-state index is -0.981. The highest BCUT2D eigenvalue weighted by Crippen LogP contribution is 2.16. The van der Waals surface area contributed by atoms with Crippen LogP contribution >= 0.6 is 22.6 Å². The Morgan fingerprint density at radius 1 is 1.42 bits per heavy atom. The van der Waals surface area contributed by atoms with Crippen molar-refractivity contribution in [2.75, 3.05) is 0 Å². The Kier molecular flexibility index (Phi) is 6.27. The van der Waals surface area contributed by atoms with Crippen LogP contribution in [0.15, 0.2) is 18.2 Å². The second-order valence-electron chi connectivity index (χ2n) is 4.44. The van der Waals surface area contributed by atoms with Crippen LogP contribution in [0.5, 0.6) is 0 Å². The topological polar surface area (TPSA) is 66.4 Å². The summed E-state index contributed by atoms with van der Waals surface area (Å²) in [4.78, 5) is 23.3. The first-order valence-corrected chi connectivity index (χ1v) is 7.34. The molecule has 0 aliphatic heterocycles. The second-order valence-corrected chi connectivity index (χ2v) is 5.60. The third-order valence-electron chi connectivity index (χ3n) is 2.90. The summed E-state index contributed by atoms with van der Waals surface area (Å²) in [6, 6.07) is 4.74. The van der Waals surface area contributed by atoms with Gasteiger partial charge in [0, 0.05) is 3.57 Å². The van der Waals surface area contributed by atoms with Gasteiger partial charge in [-0.15, -0.1) is 0 Å². The third-order valence-corrected chi connectivity index (χ3v) is 3.80. The lowest BCUT2D eigenvalue weighted by molar-refractivity contribution is -0.139. The van der Waals surface area contributed by atoms with E-state index in [9.17, 15) is 9.59 Å². The maximum atomic E-state index is 12.2. The molecule has 0 fully saturated rings. The molecular weight excluding hydrogens is 357 g/mol. The molecule has 0 aliphatic carbocycles. The van der Waals surface area contributed by atoms with E-state index in [1.165, 1.54) is 0 Å². The molecule has 104 valence electrons. The fourth-order valence-electron chi connectivity index (χ4n) is 1.82. The molecule has 1 aromatic carbocycles. The summed E-state index contributed by atoms with van der Waals surface area (Å²) >= 11 is 2.09. The lowest BCUT2D eigenvalue weighted by atomic mass is 10.1. The molecule has 5 heteroatoms. The van der Waals surface area contributed by atoms with Crippen LogP contribution in [-0.2, 0) is 4.79 Å². The first kappa shape index (κ1) is 15.9. The molecule has 0 heterocycles. The van der Waals surface area contributed by atoms with Crippen molar-refractivity contribution in [3.05, 3.63) is 32.9 Å². The number of hydrogen-bond donors (Lipinski definition) is 2. The molecule has 0 spiro atoms. The quantitative estimate of drug-likeness (QED) is 0.752. The van der Waals surface area contributed by atoms with Crippen LogP contribution in [0.1, 0.15) is 42.1 Å². The fourth-order valence-corrected chi connectivity index (χ4v) is 2.69. The highest BCUT2D eigenvalue weighted by molar-refractivity contribution is 14.1. The van der Waals surface area contributed by atoms with Crippen molar-refractivity contribution in [3.8, 4) is 0 Å². The SMILES string of the molecule is CCCCC(NC(=O)c1c(C)cccc1I)C(=O)O. The Bertz CT molecular complexity index is 454. The Morgan fingerprint density at radius 2 is 2.11 bits per heavy atom. The average molecular weight is 375 g/mol. The van der Waals surface area contributed by atoms with Crippen LogP contribution in [-0.4, -0.2) is 23.0 Å². The highest BCUT2D eigenvalue weighted by atomic mass is 127. The second kappa shape index (κ2) is 7.47. The molecule has 1 aromatic rings. The number of aryl methyl sites for hydroxylation is 1. The highest BCUT2D eigenvalue weighted by Gasteiger charge is 2.21. The van der Waals surface area contributed by atoms with Crippen molar-refractivity contribution in [1.29, 1.82) is 0 Å². The van der Waals surface area contributed by atoms with Crippen molar-refractivity contribution in [1.82, 2.24) is 5.32 Å². The Morgan fingerprint density at radius 3 is 2.63 bits per heavy atom. The molecule has 19 heavy (non-hydrogen) atoms. The summed E-state index contributed by atoms with van der Waals surface area (Å²) in [6.07, 6.45) is 2.14. The molecule has 1 amide bonds. The summed E-state index contributed by atoms with van der Waals surface area (Å²) in [6.45, 7) is 3.84. The van der Waals surface area contributed by atoms with E-state index in [1.54, 1.807) is 0 Å². The van der Waals surface area contributed by atoms with Crippen molar-refractivity contribution in [3.63, 3.8) is 0 Å². The van der Waals surface area contributed by atoms with E-state index in [4.69, 9.17) is 5.11 Å². The Balaban J connectivity index is 2.85. The maximum Gasteiger partial charge on any atom is 0.326 e. The largest absolute Gasteiger partial charge is 0.480 e. The van der Waals surface area contributed by atoms with Gasteiger partial charge in [0.15, 0.2) is 0 Å². The number of aliphatic carboxylic acids is 1. The predicted octanol–water partition coefficient (Wildman–Crippen LogP) is 2.97. The standard InChI is InChI=1S/C14H18INO3/c1-3-4-8-11(14(18)19)16-13(17)12-9(2)6-5-7-10(12)15/h5-7,11H,3-4,8H2,1-2H3,(H,16,17)(H,18,19). The van der Waals surface area contributed by atoms with Crippen LogP contribution in [0.3, 0.4) is 0 Å². The van der Waals surface area contributed by atoms with Gasteiger partial charge in [-0.3, -0.25) is 4.79 Å². The van der Waals surface area contributed by atoms with Gasteiger partial charge in [-0.05, 0) is 47.6 Å². The number of nitrogens with one attached hydrogen (secondary N) is 1. The number of hydrogen-bond acceptors (Lipinski definition) is 2. The number of halogens is 1. The van der Waals surface area contributed by atoms with Crippen LogP contribution in [0.25, 0.3) is 0 Å². The molecule has 0 aliphatic rings. The normalized spacial score (nSPS) is 11.9. The fraction of sp³-hybridized carbons (Fsp3) is 0.429. The van der Waals surface area contributed by atoms with Crippen LogP contribution in [0.2, 0.25) is 0 Å². The number of carbonyl (C=O) groups excluding carboxylic acids is 1. The van der Waals surface area contributed by atoms with E-state index in [-0.39, 0.29) is 5.91 Å². The Labute approximate surface area is 126 Å². The van der Waals surface area contributed by atoms with Crippen molar-refractivity contribution >= 4 is 34.5 Å². The Hall–Kier alpha value is -1.11. The number of carboxylic acid groups (broad SMARTS) is 1. The van der Waals surface area contributed by atoms with Gasteiger partial charge < -0.3 is 10.4 Å². The minimum Gasteiger partial charge on any atom is -0.480 e. The molecule has 0 bridgehead atoms. The van der Waals surface area contributed by atoms with Gasteiger partial charge >= 0.3 is 5.97 Å². The zero-order chi connectivity index (χ0) is 14.4. The third kappa shape index (κ3) is 4.49. The van der Waals surface area contributed by atoms with Gasteiger partial charge in [-0.2, -0.15) is 0 Å². The smallest absolute Gasteiger partial charge is 0.326 e.